The number of rotatable bonds is 0. The van der Waals surface area contributed by atoms with Gasteiger partial charge in [-0.2, -0.15) is 0 Å². The van der Waals surface area contributed by atoms with Crippen LogP contribution >= 0.6 is 22.6 Å². The number of hydrogen-bond acceptors (Lipinski definition) is 1. The monoisotopic (exact) mass is 210 g/mol. The lowest BCUT2D eigenvalue weighted by Gasteiger charge is -1.46. The maximum absolute atomic E-state index is 3.67. The van der Waals surface area contributed by atoms with Crippen molar-refractivity contribution in [2.24, 2.45) is 0 Å². The van der Waals surface area contributed by atoms with E-state index in [2.05, 4.69) is 32.6 Å². The van der Waals surface area contributed by atoms with Crippen molar-refractivity contribution >= 4 is 22.6 Å². The maximum Gasteiger partial charge on any atom is 0.0919 e. The van der Waals surface area contributed by atoms with Crippen LogP contribution in [0.5, 0.6) is 0 Å². The second-order valence-corrected chi connectivity index (χ2v) is 0.761. The van der Waals surface area contributed by atoms with E-state index in [1.165, 1.54) is 0 Å². The molecule has 0 aliphatic rings. The molecule has 2 nitrogen and oxygen atoms in total. The third kappa shape index (κ3) is 3.78. The number of hydrogen-bond donors (Lipinski definition) is 1. The van der Waals surface area contributed by atoms with E-state index in [9.17, 15) is 0 Å². The smallest absolute Gasteiger partial charge is 0.0919 e. The summed E-state index contributed by atoms with van der Waals surface area (Å²) in [6.07, 6.45) is 5.08. The van der Waals surface area contributed by atoms with Crippen molar-refractivity contribution in [3.63, 3.8) is 0 Å². The Morgan fingerprint density at radius 1 is 1.57 bits per heavy atom. The largest absolute Gasteiger partial charge is 0.351 e. The minimum Gasteiger partial charge on any atom is -0.351 e. The van der Waals surface area contributed by atoms with E-state index in [-0.39, 0.29) is 0 Å². The second-order valence-electron chi connectivity index (χ2n) is 0.761. The molecule has 40 valence electrons. The van der Waals surface area contributed by atoms with E-state index in [1.54, 1.807) is 18.7 Å². The van der Waals surface area contributed by atoms with E-state index in [1.807, 2.05) is 4.93 Å². The molecule has 7 heavy (non-hydrogen) atoms. The molecule has 1 aromatic rings. The summed E-state index contributed by atoms with van der Waals surface area (Å²) in [6, 6.07) is 0. The van der Waals surface area contributed by atoms with E-state index in [0.29, 0.717) is 0 Å². The van der Waals surface area contributed by atoms with Crippen LogP contribution in [0, 0.1) is 0 Å². The predicted octanol–water partition coefficient (Wildman–Crippen LogP) is 1.46. The Hall–Kier alpha value is -0.0600. The number of H-pyrrole nitrogens is 1. The highest BCUT2D eigenvalue weighted by Gasteiger charge is 1.56. The molecule has 0 unspecified atom stereocenters. The molecule has 1 aromatic heterocycles. The Bertz CT molecular complexity index is 66.2. The van der Waals surface area contributed by atoms with Crippen molar-refractivity contribution in [3.05, 3.63) is 18.7 Å². The zero-order chi connectivity index (χ0) is 5.54. The van der Waals surface area contributed by atoms with Gasteiger partial charge in [0.1, 0.15) is 0 Å². The highest BCUT2D eigenvalue weighted by atomic mass is 127. The number of nitrogens with one attached hydrogen (secondary N) is 1. The van der Waals surface area contributed by atoms with Gasteiger partial charge in [0.25, 0.3) is 0 Å². The Morgan fingerprint density at radius 3 is 2.43 bits per heavy atom. The first-order valence-corrected chi connectivity index (χ1v) is 3.96. The molecule has 3 heteroatoms. The van der Waals surface area contributed by atoms with Crippen LogP contribution in [0.15, 0.2) is 18.7 Å². The Balaban J connectivity index is 0.000000162. The van der Waals surface area contributed by atoms with Crippen LogP contribution in [0.2, 0.25) is 0 Å². The fourth-order valence-electron chi connectivity index (χ4n) is 0.215. The molecule has 0 radical (unpaired) electrons. The van der Waals surface area contributed by atoms with Crippen molar-refractivity contribution in [2.75, 3.05) is 4.93 Å². The zero-order valence-electron chi connectivity index (χ0n) is 4.06. The first kappa shape index (κ1) is 6.94. The van der Waals surface area contributed by atoms with Crippen molar-refractivity contribution in [2.45, 2.75) is 0 Å². The number of imidazole rings is 1. The number of aromatic nitrogens is 2. The van der Waals surface area contributed by atoms with Gasteiger partial charge in [0.2, 0.25) is 0 Å². The van der Waals surface area contributed by atoms with Crippen LogP contribution in [0.3, 0.4) is 0 Å². The quantitative estimate of drug-likeness (QED) is 0.509. The summed E-state index contributed by atoms with van der Waals surface area (Å²) in [6.45, 7) is 0. The number of nitrogens with zero attached hydrogens (tertiary/aromatic N) is 1. The van der Waals surface area contributed by atoms with Crippen LogP contribution in [0.25, 0.3) is 0 Å². The van der Waals surface area contributed by atoms with Crippen molar-refractivity contribution < 1.29 is 0 Å². The van der Waals surface area contributed by atoms with Crippen LogP contribution in [-0.2, 0) is 0 Å². The summed E-state index contributed by atoms with van der Waals surface area (Å²) in [5.74, 6) is 0. The third-order valence-corrected chi connectivity index (χ3v) is 0.406. The summed E-state index contributed by atoms with van der Waals surface area (Å²) in [4.78, 5) is 8.39. The van der Waals surface area contributed by atoms with Gasteiger partial charge in [-0.25, -0.2) is 4.98 Å². The lowest BCUT2D eigenvalue weighted by atomic mass is 11.0. The molecule has 1 N–H and O–H groups in total. The number of alkyl halides is 1. The average Bonchev–Trinajstić information content (AvgIpc) is 2.23. The highest BCUT2D eigenvalue weighted by Crippen LogP contribution is 1.62. The van der Waals surface area contributed by atoms with E-state index in [4.69, 9.17) is 0 Å². The maximum atomic E-state index is 3.67. The molecule has 0 aliphatic carbocycles. The van der Waals surface area contributed by atoms with Gasteiger partial charge in [-0.1, -0.05) is 22.6 Å². The molecule has 0 aromatic carbocycles. The van der Waals surface area contributed by atoms with Crippen molar-refractivity contribution in [1.82, 2.24) is 9.97 Å². The Labute approximate surface area is 56.5 Å². The van der Waals surface area contributed by atoms with Gasteiger partial charge in [0, 0.05) is 12.4 Å². The van der Waals surface area contributed by atoms with Gasteiger partial charge in [-0.3, -0.25) is 0 Å². The topological polar surface area (TPSA) is 28.7 Å². The minimum atomic E-state index is 1.62. The fraction of sp³-hybridized carbons (Fsp3) is 0.250. The summed E-state index contributed by atoms with van der Waals surface area (Å²) >= 11 is 2.15. The van der Waals surface area contributed by atoms with Crippen molar-refractivity contribution in [3.8, 4) is 0 Å². The second kappa shape index (κ2) is 5.94. The van der Waals surface area contributed by atoms with Crippen LogP contribution in [0.4, 0.5) is 0 Å². The van der Waals surface area contributed by atoms with Gasteiger partial charge in [0.05, 0.1) is 6.33 Å². The number of aromatic amines is 1. The minimum absolute atomic E-state index is 1.62. The van der Waals surface area contributed by atoms with E-state index < -0.39 is 0 Å². The summed E-state index contributed by atoms with van der Waals surface area (Å²) in [5, 5.41) is 0. The third-order valence-electron chi connectivity index (χ3n) is 0.406. The molecule has 0 aliphatic heterocycles. The Morgan fingerprint density at radius 2 is 2.29 bits per heavy atom. The molecule has 0 atom stereocenters. The SMILES string of the molecule is CI.c1c[nH]cn1. The van der Waals surface area contributed by atoms with Gasteiger partial charge < -0.3 is 4.98 Å². The molecule has 1 heterocycles. The van der Waals surface area contributed by atoms with Crippen LogP contribution < -0.4 is 0 Å². The van der Waals surface area contributed by atoms with Gasteiger partial charge >= 0.3 is 0 Å². The molecule has 0 saturated heterocycles. The standard InChI is InChI=1S/C3H4N2.CH3I/c1-2-5-3-4-1;1-2/h1-3H,(H,4,5);1H3. The fourth-order valence-corrected chi connectivity index (χ4v) is 0.215. The van der Waals surface area contributed by atoms with Crippen LogP contribution in [-0.4, -0.2) is 14.9 Å². The van der Waals surface area contributed by atoms with E-state index >= 15 is 0 Å². The highest BCUT2D eigenvalue weighted by molar-refractivity contribution is 14.1. The van der Waals surface area contributed by atoms with E-state index in [0.717, 1.165) is 0 Å². The van der Waals surface area contributed by atoms with Crippen molar-refractivity contribution in [1.29, 1.82) is 0 Å². The Kier molecular flexibility index (Phi) is 5.89. The first-order chi connectivity index (χ1) is 3.50. The molecule has 0 amide bonds. The summed E-state index contributed by atoms with van der Waals surface area (Å²) < 4.78 is 0. The molecular formula is C4H7IN2. The molecule has 0 spiro atoms. The molecule has 0 fully saturated rings. The zero-order valence-corrected chi connectivity index (χ0v) is 6.21. The molecule has 0 bridgehead atoms. The number of halogens is 1. The molecule has 1 rings (SSSR count). The average molecular weight is 210 g/mol. The van der Waals surface area contributed by atoms with Gasteiger partial charge in [-0.05, 0) is 4.93 Å². The molecular weight excluding hydrogens is 203 g/mol. The molecule has 0 saturated carbocycles. The predicted molar refractivity (Wildman–Crippen MR) is 38.5 cm³/mol. The lowest BCUT2D eigenvalue weighted by Crippen LogP contribution is -1.44. The van der Waals surface area contributed by atoms with Gasteiger partial charge in [-0.15, -0.1) is 0 Å². The van der Waals surface area contributed by atoms with Crippen LogP contribution in [0.1, 0.15) is 0 Å². The van der Waals surface area contributed by atoms with Gasteiger partial charge in [0.15, 0.2) is 0 Å². The normalized spacial score (nSPS) is 6.57. The lowest BCUT2D eigenvalue weighted by molar-refractivity contribution is 1.31. The summed E-state index contributed by atoms with van der Waals surface area (Å²) in [5.41, 5.74) is 0. The summed E-state index contributed by atoms with van der Waals surface area (Å²) in [7, 11) is 0. The first-order valence-electron chi connectivity index (χ1n) is 1.81.